The summed E-state index contributed by atoms with van der Waals surface area (Å²) in [6.07, 6.45) is 0. The van der Waals surface area contributed by atoms with Crippen LogP contribution < -0.4 is 4.72 Å². The van der Waals surface area contributed by atoms with Gasteiger partial charge in [0.2, 0.25) is 10.0 Å². The third-order valence-electron chi connectivity index (χ3n) is 2.09. The van der Waals surface area contributed by atoms with Crippen molar-refractivity contribution >= 4 is 61.8 Å². The summed E-state index contributed by atoms with van der Waals surface area (Å²) in [5.74, 6) is -0.513. The number of hydrogen-bond acceptors (Lipinski definition) is 4. The second-order valence-corrected chi connectivity index (χ2v) is 7.50. The van der Waals surface area contributed by atoms with Gasteiger partial charge in [-0.2, -0.15) is 0 Å². The lowest BCUT2D eigenvalue weighted by Crippen LogP contribution is -2.34. The first-order chi connectivity index (χ1) is 8.77. The van der Waals surface area contributed by atoms with Crippen LogP contribution in [0, 0.1) is 0 Å². The quantitative estimate of drug-likeness (QED) is 0.435. The van der Waals surface area contributed by atoms with Crippen molar-refractivity contribution in [2.45, 2.75) is 8.82 Å². The zero-order valence-electron chi connectivity index (χ0n) is 9.69. The second kappa shape index (κ2) is 7.07. The molecule has 0 aliphatic rings. The van der Waals surface area contributed by atoms with E-state index in [1.165, 1.54) is 25.3 Å². The van der Waals surface area contributed by atoms with Gasteiger partial charge in [0.15, 0.2) is 0 Å². The Bertz CT molecular complexity index is 579. The van der Waals surface area contributed by atoms with Crippen LogP contribution in [0.25, 0.3) is 0 Å². The van der Waals surface area contributed by atoms with E-state index in [0.717, 1.165) is 0 Å². The molecule has 1 aromatic carbocycles. The van der Waals surface area contributed by atoms with Gasteiger partial charge in [-0.15, -0.1) is 0 Å². The molecular formula is C10H10Cl2INO4S. The molecule has 19 heavy (non-hydrogen) atoms. The number of nitrogens with one attached hydrogen (secondary N) is 1. The van der Waals surface area contributed by atoms with E-state index in [2.05, 4.69) is 9.46 Å². The van der Waals surface area contributed by atoms with E-state index < -0.39 is 19.9 Å². The molecule has 9 heteroatoms. The molecule has 5 nitrogen and oxygen atoms in total. The van der Waals surface area contributed by atoms with Crippen molar-refractivity contribution in [1.82, 2.24) is 4.72 Å². The van der Waals surface area contributed by atoms with Crippen LogP contribution in [0.3, 0.4) is 0 Å². The molecule has 0 bridgehead atoms. The number of halogens is 3. The molecule has 0 saturated carbocycles. The molecule has 0 heterocycles. The summed E-state index contributed by atoms with van der Waals surface area (Å²) >= 11 is 13.3. The highest BCUT2D eigenvalue weighted by atomic mass is 127. The zero-order valence-corrected chi connectivity index (χ0v) is 14.2. The summed E-state index contributed by atoms with van der Waals surface area (Å²) < 4.78 is 30.2. The van der Waals surface area contributed by atoms with E-state index in [-0.39, 0.29) is 21.5 Å². The Morgan fingerprint density at radius 1 is 1.47 bits per heavy atom. The molecule has 0 amide bonds. The number of alkyl halides is 1. The van der Waals surface area contributed by atoms with Gasteiger partial charge in [0.25, 0.3) is 0 Å². The molecule has 1 N–H and O–H groups in total. The fourth-order valence-electron chi connectivity index (χ4n) is 1.15. The van der Waals surface area contributed by atoms with Crippen LogP contribution >= 0.6 is 45.8 Å². The minimum absolute atomic E-state index is 0.0555. The SMILES string of the molecule is COC(=O)C(I)CNS(=O)(=O)c1cc(Cl)ccc1Cl. The summed E-state index contributed by atoms with van der Waals surface area (Å²) in [4.78, 5) is 11.0. The van der Waals surface area contributed by atoms with Gasteiger partial charge in [0, 0.05) is 11.6 Å². The molecule has 1 aromatic rings. The number of hydrogen-bond donors (Lipinski definition) is 1. The first-order valence-electron chi connectivity index (χ1n) is 4.94. The van der Waals surface area contributed by atoms with Crippen molar-refractivity contribution < 1.29 is 17.9 Å². The predicted octanol–water partition coefficient (Wildman–Crippen LogP) is 2.25. The van der Waals surface area contributed by atoms with Gasteiger partial charge >= 0.3 is 5.97 Å². The van der Waals surface area contributed by atoms with Crippen LogP contribution in [-0.4, -0.2) is 32.0 Å². The monoisotopic (exact) mass is 437 g/mol. The predicted molar refractivity (Wildman–Crippen MR) is 81.5 cm³/mol. The third-order valence-corrected chi connectivity index (χ3v) is 5.18. The molecule has 0 fully saturated rings. The number of ether oxygens (including phenoxy) is 1. The van der Waals surface area contributed by atoms with E-state index in [4.69, 9.17) is 23.2 Å². The Kier molecular flexibility index (Phi) is 6.31. The van der Waals surface area contributed by atoms with Crippen LogP contribution in [0.1, 0.15) is 0 Å². The number of rotatable bonds is 5. The number of methoxy groups -OCH3 is 1. The fraction of sp³-hybridized carbons (Fsp3) is 0.300. The normalized spacial score (nSPS) is 13.1. The molecule has 1 rings (SSSR count). The highest BCUT2D eigenvalue weighted by Gasteiger charge is 2.22. The molecule has 0 aliphatic carbocycles. The van der Waals surface area contributed by atoms with Crippen molar-refractivity contribution in [2.75, 3.05) is 13.7 Å². The van der Waals surface area contributed by atoms with E-state index in [1.54, 1.807) is 22.6 Å². The number of sulfonamides is 1. The van der Waals surface area contributed by atoms with E-state index in [0.29, 0.717) is 0 Å². The molecular weight excluding hydrogens is 428 g/mol. The lowest BCUT2D eigenvalue weighted by atomic mass is 10.4. The van der Waals surface area contributed by atoms with Crippen molar-refractivity contribution in [2.24, 2.45) is 0 Å². The molecule has 0 saturated heterocycles. The van der Waals surface area contributed by atoms with Crippen LogP contribution in [0.4, 0.5) is 0 Å². The molecule has 106 valence electrons. The molecule has 1 unspecified atom stereocenters. The van der Waals surface area contributed by atoms with Gasteiger partial charge in [0.1, 0.15) is 8.82 Å². The molecule has 0 radical (unpaired) electrons. The van der Waals surface area contributed by atoms with Gasteiger partial charge in [-0.25, -0.2) is 13.1 Å². The van der Waals surface area contributed by atoms with Crippen LogP contribution in [0.5, 0.6) is 0 Å². The number of benzene rings is 1. The summed E-state index contributed by atoms with van der Waals surface area (Å²) in [7, 11) is -2.60. The average Bonchev–Trinajstić information content (AvgIpc) is 2.37. The minimum atomic E-state index is -3.83. The molecule has 0 aliphatic heterocycles. The maximum Gasteiger partial charge on any atom is 0.319 e. The standard InChI is InChI=1S/C10H10Cl2INO4S/c1-18-10(15)8(13)5-14-19(16,17)9-4-6(11)2-3-7(9)12/h2-4,8,14H,5H2,1H3. The smallest absolute Gasteiger partial charge is 0.319 e. The zero-order chi connectivity index (χ0) is 14.6. The topological polar surface area (TPSA) is 72.5 Å². The Balaban J connectivity index is 2.87. The summed E-state index contributed by atoms with van der Waals surface area (Å²) in [5.41, 5.74) is 0. The Hall–Kier alpha value is -0.0900. The number of carbonyl (C=O) groups is 1. The Morgan fingerprint density at radius 2 is 2.11 bits per heavy atom. The van der Waals surface area contributed by atoms with E-state index in [9.17, 15) is 13.2 Å². The molecule has 0 spiro atoms. The Morgan fingerprint density at radius 3 is 2.68 bits per heavy atom. The maximum atomic E-state index is 12.0. The van der Waals surface area contributed by atoms with Crippen LogP contribution in [-0.2, 0) is 19.6 Å². The summed E-state index contributed by atoms with van der Waals surface area (Å²) in [6, 6.07) is 4.12. The second-order valence-electron chi connectivity index (χ2n) is 3.42. The van der Waals surface area contributed by atoms with Crippen LogP contribution in [0.15, 0.2) is 23.1 Å². The number of esters is 1. The largest absolute Gasteiger partial charge is 0.468 e. The first kappa shape index (κ1) is 17.0. The summed E-state index contributed by atoms with van der Waals surface area (Å²) in [5, 5.41) is 0.309. The van der Waals surface area contributed by atoms with Gasteiger partial charge in [-0.1, -0.05) is 45.8 Å². The van der Waals surface area contributed by atoms with Crippen molar-refractivity contribution in [3.63, 3.8) is 0 Å². The Labute approximate surface area is 134 Å². The van der Waals surface area contributed by atoms with Crippen molar-refractivity contribution in [3.05, 3.63) is 28.2 Å². The first-order valence-corrected chi connectivity index (χ1v) is 8.43. The minimum Gasteiger partial charge on any atom is -0.468 e. The lowest BCUT2D eigenvalue weighted by molar-refractivity contribution is -0.139. The van der Waals surface area contributed by atoms with Gasteiger partial charge in [-0.3, -0.25) is 4.79 Å². The van der Waals surface area contributed by atoms with Crippen molar-refractivity contribution in [1.29, 1.82) is 0 Å². The van der Waals surface area contributed by atoms with E-state index >= 15 is 0 Å². The highest BCUT2D eigenvalue weighted by molar-refractivity contribution is 14.1. The highest BCUT2D eigenvalue weighted by Crippen LogP contribution is 2.24. The van der Waals surface area contributed by atoms with E-state index in [1.807, 2.05) is 0 Å². The third kappa shape index (κ3) is 4.75. The molecule has 1 atom stereocenters. The molecule has 0 aromatic heterocycles. The van der Waals surface area contributed by atoms with Gasteiger partial charge < -0.3 is 4.74 Å². The average molecular weight is 438 g/mol. The van der Waals surface area contributed by atoms with Gasteiger partial charge in [0.05, 0.1) is 12.1 Å². The number of carbonyl (C=O) groups excluding carboxylic acids is 1. The maximum absolute atomic E-state index is 12.0. The lowest BCUT2D eigenvalue weighted by Gasteiger charge is -2.11. The van der Waals surface area contributed by atoms with Gasteiger partial charge in [-0.05, 0) is 18.2 Å². The fourth-order valence-corrected chi connectivity index (χ4v) is 3.74. The van der Waals surface area contributed by atoms with Crippen LogP contribution in [0.2, 0.25) is 10.0 Å². The summed E-state index contributed by atoms with van der Waals surface area (Å²) in [6.45, 7) is -0.0988. The van der Waals surface area contributed by atoms with Crippen molar-refractivity contribution in [3.8, 4) is 0 Å².